The number of carboxylic acid groups (broad SMARTS) is 1. The summed E-state index contributed by atoms with van der Waals surface area (Å²) in [4.78, 5) is 34.7. The first kappa shape index (κ1) is 47.8. The van der Waals surface area contributed by atoms with E-state index in [2.05, 4.69) is 38.3 Å². The molecule has 0 aliphatic carbocycles. The smallest absolute Gasteiger partial charge is 0.870 e. The van der Waals surface area contributed by atoms with Gasteiger partial charge in [0.15, 0.2) is 10.3 Å². The summed E-state index contributed by atoms with van der Waals surface area (Å²) in [5.41, 5.74) is 5.75. The Morgan fingerprint density at radius 1 is 0.667 bits per heavy atom. The fourth-order valence-electron chi connectivity index (χ4n) is 5.39. The Labute approximate surface area is 372 Å². The molecule has 0 fully saturated rings. The van der Waals surface area contributed by atoms with Crippen LogP contribution in [0.3, 0.4) is 0 Å². The number of hydrogen-bond donors (Lipinski definition) is 3. The predicted octanol–water partition coefficient (Wildman–Crippen LogP) is 10.4. The van der Waals surface area contributed by atoms with Gasteiger partial charge in [-0.05, 0) is 85.3 Å². The first-order chi connectivity index (χ1) is 26.2. The van der Waals surface area contributed by atoms with Crippen LogP contribution in [0.5, 0.6) is 0 Å². The van der Waals surface area contributed by atoms with Crippen molar-refractivity contribution in [2.24, 2.45) is 11.8 Å². The minimum atomic E-state index is -0.963. The van der Waals surface area contributed by atoms with E-state index in [1.807, 2.05) is 36.4 Å². The number of hydrogen-bond acceptors (Lipinski definition) is 10. The number of ether oxygens (including phenoxy) is 1. The molecule has 2 heterocycles. The zero-order valence-corrected chi connectivity index (χ0v) is 36.7. The standard InChI is InChI=1S/C21H20Cl2N2O2S.C20H18Cl2N2O2S.Li.H2O/c1-12(2)9-18-19(13-7-8-16(22)17(23)11-13)25-21(28-18)24-15-6-4-5-14(10-15)20(26)27-3;1-11(2)8-17-18(12-6-7-15(21)16(22)10-12)24-20(27-17)23-14-5-3-4-13(9-14)19(25)26;;/h4-8,10-12H,9H2,1-3H3,(H,24,25);3-7,9-11H,8H2,1-2H3,(H,23,24)(H,25,26);;1H2/q;;+1;/p-1. The molecule has 0 radical (unpaired) electrons. The van der Waals surface area contributed by atoms with Crippen LogP contribution in [0.4, 0.5) is 21.6 Å². The zero-order chi connectivity index (χ0) is 39.8. The molecule has 9 nitrogen and oxygen atoms in total. The molecule has 2 aromatic heterocycles. The van der Waals surface area contributed by atoms with Gasteiger partial charge in [-0.25, -0.2) is 19.6 Å². The second-order valence-electron chi connectivity index (χ2n) is 13.2. The summed E-state index contributed by atoms with van der Waals surface area (Å²) < 4.78 is 4.78. The molecular formula is C41H39Cl4LiN4O5S2. The maximum Gasteiger partial charge on any atom is 1.00 e. The SMILES string of the molecule is CC(C)Cc1sc(Nc2cccc(C(=O)O)c2)nc1-c1ccc(Cl)c(Cl)c1.COC(=O)c1cccc(Nc2nc(-c3ccc(Cl)c(Cl)c3)c(CC(C)C)s2)c1.[Li+].[OH-]. The van der Waals surface area contributed by atoms with E-state index in [9.17, 15) is 9.59 Å². The third-order valence-corrected chi connectivity index (χ3v) is 11.3. The first-order valence-electron chi connectivity index (χ1n) is 17.2. The van der Waals surface area contributed by atoms with Gasteiger partial charge in [-0.15, -0.1) is 22.7 Å². The third-order valence-electron chi connectivity index (χ3n) is 7.86. The Balaban J connectivity index is 0.000000295. The van der Waals surface area contributed by atoms with Crippen LogP contribution in [0, 0.1) is 11.8 Å². The van der Waals surface area contributed by atoms with E-state index < -0.39 is 5.97 Å². The van der Waals surface area contributed by atoms with Gasteiger partial charge in [0, 0.05) is 32.3 Å². The summed E-state index contributed by atoms with van der Waals surface area (Å²) in [5.74, 6) is -0.387. The van der Waals surface area contributed by atoms with Crippen molar-refractivity contribution in [2.75, 3.05) is 17.7 Å². The van der Waals surface area contributed by atoms with Crippen molar-refractivity contribution in [1.29, 1.82) is 0 Å². The maximum absolute atomic E-state index is 11.8. The number of esters is 1. The molecule has 4 N–H and O–H groups in total. The van der Waals surface area contributed by atoms with Crippen molar-refractivity contribution in [2.45, 2.75) is 40.5 Å². The Morgan fingerprint density at radius 2 is 1.09 bits per heavy atom. The monoisotopic (exact) mass is 878 g/mol. The van der Waals surface area contributed by atoms with Crippen molar-refractivity contribution >= 4 is 103 Å². The van der Waals surface area contributed by atoms with Crippen LogP contribution in [0.1, 0.15) is 58.2 Å². The molecule has 0 spiro atoms. The van der Waals surface area contributed by atoms with Gasteiger partial charge < -0.3 is 26.0 Å². The van der Waals surface area contributed by atoms with Crippen molar-refractivity contribution in [3.05, 3.63) is 126 Å². The number of halogens is 4. The fourth-order valence-corrected chi connectivity index (χ4v) is 8.41. The van der Waals surface area contributed by atoms with Crippen LogP contribution < -0.4 is 29.5 Å². The first-order valence-corrected chi connectivity index (χ1v) is 20.3. The Bertz CT molecular complexity index is 2320. The number of aromatic carboxylic acids is 1. The minimum absolute atomic E-state index is 0. The number of thiazole rings is 2. The predicted molar refractivity (Wildman–Crippen MR) is 232 cm³/mol. The van der Waals surface area contributed by atoms with Crippen LogP contribution in [-0.2, 0) is 17.6 Å². The second-order valence-corrected chi connectivity index (χ2v) is 17.0. The number of benzene rings is 4. The van der Waals surface area contributed by atoms with Gasteiger partial charge in [0.05, 0.1) is 49.7 Å². The van der Waals surface area contributed by atoms with Crippen LogP contribution in [-0.4, -0.2) is 39.6 Å². The fraction of sp³-hybridized carbons (Fsp3) is 0.220. The topological polar surface area (TPSA) is 143 Å². The number of nitrogens with one attached hydrogen (secondary N) is 2. The summed E-state index contributed by atoms with van der Waals surface area (Å²) in [6, 6.07) is 24.8. The van der Waals surface area contributed by atoms with E-state index in [4.69, 9.17) is 66.2 Å². The molecule has 57 heavy (non-hydrogen) atoms. The van der Waals surface area contributed by atoms with E-state index in [1.54, 1.807) is 71.2 Å². The van der Waals surface area contributed by atoms with E-state index in [0.717, 1.165) is 51.1 Å². The summed E-state index contributed by atoms with van der Waals surface area (Å²) in [6.45, 7) is 8.65. The van der Waals surface area contributed by atoms with Crippen molar-refractivity contribution in [3.8, 4) is 22.5 Å². The zero-order valence-electron chi connectivity index (χ0n) is 32.0. The Morgan fingerprint density at radius 3 is 1.47 bits per heavy atom. The molecule has 6 rings (SSSR count). The molecule has 0 aliphatic rings. The van der Waals surface area contributed by atoms with E-state index in [1.165, 1.54) is 12.0 Å². The van der Waals surface area contributed by atoms with E-state index in [0.29, 0.717) is 48.3 Å². The van der Waals surface area contributed by atoms with E-state index >= 15 is 0 Å². The molecular weight excluding hydrogens is 841 g/mol. The normalized spacial score (nSPS) is 10.6. The molecule has 294 valence electrons. The molecule has 0 atom stereocenters. The molecule has 0 aliphatic heterocycles. The summed E-state index contributed by atoms with van der Waals surface area (Å²) >= 11 is 27.6. The number of aromatic nitrogens is 2. The van der Waals surface area contributed by atoms with Crippen molar-refractivity contribution < 1.29 is 43.8 Å². The van der Waals surface area contributed by atoms with Gasteiger partial charge in [-0.2, -0.15) is 0 Å². The molecule has 0 saturated carbocycles. The summed E-state index contributed by atoms with van der Waals surface area (Å²) in [5, 5.41) is 19.1. The Kier molecular flexibility index (Phi) is 18.4. The van der Waals surface area contributed by atoms with Crippen LogP contribution in [0.25, 0.3) is 22.5 Å². The minimum Gasteiger partial charge on any atom is -0.870 e. The van der Waals surface area contributed by atoms with Gasteiger partial charge in [0.2, 0.25) is 0 Å². The molecule has 0 amide bonds. The van der Waals surface area contributed by atoms with Crippen LogP contribution in [0.2, 0.25) is 20.1 Å². The number of rotatable bonds is 12. The number of nitrogens with zero attached hydrogens (tertiary/aromatic N) is 2. The number of carbonyl (C=O) groups excluding carboxylic acids is 1. The maximum atomic E-state index is 11.8. The van der Waals surface area contributed by atoms with Gasteiger partial charge in [0.1, 0.15) is 0 Å². The number of anilines is 4. The largest absolute Gasteiger partial charge is 1.00 e. The van der Waals surface area contributed by atoms with Crippen molar-refractivity contribution in [1.82, 2.24) is 9.97 Å². The van der Waals surface area contributed by atoms with Gasteiger partial charge in [0.25, 0.3) is 0 Å². The van der Waals surface area contributed by atoms with E-state index in [-0.39, 0.29) is 35.9 Å². The van der Waals surface area contributed by atoms with Gasteiger partial charge in [-0.3, -0.25) is 0 Å². The average Bonchev–Trinajstić information content (AvgIpc) is 3.72. The molecule has 16 heteroatoms. The molecule has 0 unspecified atom stereocenters. The number of carbonyl (C=O) groups is 2. The number of carboxylic acids is 1. The van der Waals surface area contributed by atoms with Crippen molar-refractivity contribution in [3.63, 3.8) is 0 Å². The van der Waals surface area contributed by atoms with Crippen LogP contribution >= 0.6 is 69.1 Å². The quantitative estimate of drug-likeness (QED) is 0.0808. The Hall–Kier alpha value is -3.60. The molecule has 0 bridgehead atoms. The molecule has 4 aromatic carbocycles. The summed E-state index contributed by atoms with van der Waals surface area (Å²) in [6.07, 6.45) is 1.78. The third kappa shape index (κ3) is 13.2. The second kappa shape index (κ2) is 22.0. The molecule has 6 aromatic rings. The van der Waals surface area contributed by atoms with Crippen LogP contribution in [0.15, 0.2) is 84.9 Å². The van der Waals surface area contributed by atoms with Gasteiger partial charge >= 0.3 is 30.8 Å². The molecule has 0 saturated heterocycles. The average molecular weight is 881 g/mol. The number of methoxy groups -OCH3 is 1. The summed E-state index contributed by atoms with van der Waals surface area (Å²) in [7, 11) is 1.37. The van der Waals surface area contributed by atoms with Gasteiger partial charge in [-0.1, -0.05) is 98.4 Å².